The predicted molar refractivity (Wildman–Crippen MR) is 81.1 cm³/mol. The van der Waals surface area contributed by atoms with Crippen LogP contribution in [0.15, 0.2) is 22.7 Å². The molecule has 1 aliphatic carbocycles. The van der Waals surface area contributed by atoms with Gasteiger partial charge < -0.3 is 10.1 Å². The van der Waals surface area contributed by atoms with Crippen molar-refractivity contribution in [3.8, 4) is 0 Å². The SMILES string of the molecule is CC(=NO)C1CCC(C(c2cccs2)N(C)C)CC1. The molecule has 0 radical (unpaired) electrons. The molecule has 1 atom stereocenters. The summed E-state index contributed by atoms with van der Waals surface area (Å²) in [6.45, 7) is 1.94. The third-order valence-electron chi connectivity index (χ3n) is 4.36. The second-order valence-corrected chi connectivity index (χ2v) is 6.76. The number of thiophene rings is 1. The van der Waals surface area contributed by atoms with E-state index in [9.17, 15) is 0 Å². The van der Waals surface area contributed by atoms with Crippen molar-refractivity contribution in [2.24, 2.45) is 17.0 Å². The molecule has 1 unspecified atom stereocenters. The monoisotopic (exact) mass is 280 g/mol. The van der Waals surface area contributed by atoms with Crippen LogP contribution in [0.2, 0.25) is 0 Å². The normalized spacial score (nSPS) is 26.6. The number of hydrogen-bond donors (Lipinski definition) is 1. The lowest BCUT2D eigenvalue weighted by molar-refractivity contribution is 0.164. The number of hydrogen-bond acceptors (Lipinski definition) is 4. The molecule has 0 aliphatic heterocycles. The van der Waals surface area contributed by atoms with Gasteiger partial charge in [0.25, 0.3) is 0 Å². The van der Waals surface area contributed by atoms with Gasteiger partial charge in [-0.3, -0.25) is 0 Å². The zero-order chi connectivity index (χ0) is 13.8. The van der Waals surface area contributed by atoms with E-state index in [1.54, 1.807) is 0 Å². The molecule has 1 saturated carbocycles. The molecular weight excluding hydrogens is 256 g/mol. The Hall–Kier alpha value is -0.870. The van der Waals surface area contributed by atoms with Crippen LogP contribution in [0.25, 0.3) is 0 Å². The Labute approximate surface area is 119 Å². The first kappa shape index (κ1) is 14.5. The minimum Gasteiger partial charge on any atom is -0.411 e. The lowest BCUT2D eigenvalue weighted by atomic mass is 9.76. The third kappa shape index (κ3) is 3.37. The van der Waals surface area contributed by atoms with Gasteiger partial charge in [-0.1, -0.05) is 11.2 Å². The van der Waals surface area contributed by atoms with Gasteiger partial charge in [-0.05, 0) is 64.1 Å². The second kappa shape index (κ2) is 6.53. The van der Waals surface area contributed by atoms with Gasteiger partial charge in [-0.25, -0.2) is 0 Å². The van der Waals surface area contributed by atoms with Crippen molar-refractivity contribution in [1.29, 1.82) is 0 Å². The van der Waals surface area contributed by atoms with Crippen LogP contribution in [0.3, 0.4) is 0 Å². The molecule has 106 valence electrons. The summed E-state index contributed by atoms with van der Waals surface area (Å²) in [7, 11) is 4.35. The van der Waals surface area contributed by atoms with E-state index in [4.69, 9.17) is 5.21 Å². The summed E-state index contributed by atoms with van der Waals surface area (Å²) in [5.74, 6) is 1.20. The molecule has 3 nitrogen and oxygen atoms in total. The number of nitrogens with zero attached hydrogens (tertiary/aromatic N) is 2. The van der Waals surface area contributed by atoms with Gasteiger partial charge in [0, 0.05) is 16.8 Å². The van der Waals surface area contributed by atoms with Crippen LogP contribution in [0.4, 0.5) is 0 Å². The van der Waals surface area contributed by atoms with Gasteiger partial charge in [-0.2, -0.15) is 0 Å². The predicted octanol–water partition coefficient (Wildman–Crippen LogP) is 4.01. The summed E-state index contributed by atoms with van der Waals surface area (Å²) >= 11 is 1.86. The molecule has 0 spiro atoms. The topological polar surface area (TPSA) is 35.8 Å². The highest BCUT2D eigenvalue weighted by Crippen LogP contribution is 2.40. The van der Waals surface area contributed by atoms with Crippen LogP contribution in [0, 0.1) is 11.8 Å². The molecule has 1 aromatic heterocycles. The lowest BCUT2D eigenvalue weighted by Gasteiger charge is -2.36. The Bertz CT molecular complexity index is 406. The largest absolute Gasteiger partial charge is 0.411 e. The van der Waals surface area contributed by atoms with Gasteiger partial charge in [0.1, 0.15) is 0 Å². The molecule has 0 aromatic carbocycles. The molecule has 1 heterocycles. The Balaban J connectivity index is 2.02. The van der Waals surface area contributed by atoms with Crippen LogP contribution in [0.1, 0.15) is 43.5 Å². The van der Waals surface area contributed by atoms with E-state index in [-0.39, 0.29) is 0 Å². The Morgan fingerprint density at radius 1 is 1.37 bits per heavy atom. The van der Waals surface area contributed by atoms with E-state index < -0.39 is 0 Å². The molecule has 1 aromatic rings. The minimum atomic E-state index is 0.479. The summed E-state index contributed by atoms with van der Waals surface area (Å²) in [6, 6.07) is 4.93. The fourth-order valence-electron chi connectivity index (χ4n) is 3.30. The van der Waals surface area contributed by atoms with E-state index in [0.29, 0.717) is 12.0 Å². The quantitative estimate of drug-likeness (QED) is 0.514. The zero-order valence-corrected chi connectivity index (χ0v) is 12.9. The average molecular weight is 280 g/mol. The van der Waals surface area contributed by atoms with Gasteiger partial charge in [0.15, 0.2) is 0 Å². The Kier molecular flexibility index (Phi) is 4.99. The fraction of sp³-hybridized carbons (Fsp3) is 0.667. The highest BCUT2D eigenvalue weighted by Gasteiger charge is 2.31. The van der Waals surface area contributed by atoms with Gasteiger partial charge >= 0.3 is 0 Å². The van der Waals surface area contributed by atoms with Crippen LogP contribution >= 0.6 is 11.3 Å². The van der Waals surface area contributed by atoms with E-state index in [1.165, 1.54) is 17.7 Å². The van der Waals surface area contributed by atoms with Gasteiger partial charge in [0.05, 0.1) is 5.71 Å². The van der Waals surface area contributed by atoms with Crippen molar-refractivity contribution in [3.05, 3.63) is 22.4 Å². The van der Waals surface area contributed by atoms with Crippen LogP contribution in [-0.2, 0) is 0 Å². The molecular formula is C15H24N2OS. The van der Waals surface area contributed by atoms with Crippen molar-refractivity contribution in [2.75, 3.05) is 14.1 Å². The molecule has 0 bridgehead atoms. The van der Waals surface area contributed by atoms with E-state index in [0.717, 1.165) is 24.5 Å². The van der Waals surface area contributed by atoms with Crippen molar-refractivity contribution < 1.29 is 5.21 Å². The molecule has 0 amide bonds. The molecule has 19 heavy (non-hydrogen) atoms. The van der Waals surface area contributed by atoms with E-state index >= 15 is 0 Å². The maximum absolute atomic E-state index is 8.88. The first-order valence-electron chi connectivity index (χ1n) is 7.02. The second-order valence-electron chi connectivity index (χ2n) is 5.78. The lowest BCUT2D eigenvalue weighted by Crippen LogP contribution is -2.31. The molecule has 0 saturated heterocycles. The summed E-state index contributed by atoms with van der Waals surface area (Å²) in [6.07, 6.45) is 4.74. The van der Waals surface area contributed by atoms with Crippen LogP contribution in [0.5, 0.6) is 0 Å². The maximum Gasteiger partial charge on any atom is 0.0570 e. The van der Waals surface area contributed by atoms with Crippen molar-refractivity contribution >= 4 is 17.0 Å². The Morgan fingerprint density at radius 3 is 2.53 bits per heavy atom. The molecule has 1 N–H and O–H groups in total. The highest BCUT2D eigenvalue weighted by atomic mass is 32.1. The molecule has 4 heteroatoms. The number of rotatable bonds is 4. The molecule has 1 aliphatic rings. The fourth-order valence-corrected chi connectivity index (χ4v) is 4.32. The standard InChI is InChI=1S/C15H24N2OS/c1-11(16-18)12-6-8-13(9-7-12)15(17(2)3)14-5-4-10-19-14/h4-5,10,12-13,15,18H,6-9H2,1-3H3. The first-order chi connectivity index (χ1) is 9.13. The maximum atomic E-state index is 8.88. The van der Waals surface area contributed by atoms with Crippen LogP contribution in [-0.4, -0.2) is 29.9 Å². The van der Waals surface area contributed by atoms with Gasteiger partial charge in [0.2, 0.25) is 0 Å². The number of oxime groups is 1. The van der Waals surface area contributed by atoms with Crippen molar-refractivity contribution in [3.63, 3.8) is 0 Å². The smallest absolute Gasteiger partial charge is 0.0570 e. The van der Waals surface area contributed by atoms with Crippen molar-refractivity contribution in [2.45, 2.75) is 38.6 Å². The van der Waals surface area contributed by atoms with E-state index in [1.807, 2.05) is 18.3 Å². The highest BCUT2D eigenvalue weighted by molar-refractivity contribution is 7.10. The summed E-state index contributed by atoms with van der Waals surface area (Å²) < 4.78 is 0. The molecule has 1 fully saturated rings. The first-order valence-corrected chi connectivity index (χ1v) is 7.89. The summed E-state index contributed by atoms with van der Waals surface area (Å²) in [5, 5.41) is 14.4. The van der Waals surface area contributed by atoms with Crippen LogP contribution < -0.4 is 0 Å². The summed E-state index contributed by atoms with van der Waals surface area (Å²) in [5.41, 5.74) is 0.899. The molecule has 2 rings (SSSR count). The third-order valence-corrected chi connectivity index (χ3v) is 5.30. The van der Waals surface area contributed by atoms with Gasteiger partial charge in [-0.15, -0.1) is 11.3 Å². The van der Waals surface area contributed by atoms with Crippen molar-refractivity contribution in [1.82, 2.24) is 4.90 Å². The summed E-state index contributed by atoms with van der Waals surface area (Å²) in [4.78, 5) is 3.82. The van der Waals surface area contributed by atoms with E-state index in [2.05, 4.69) is 41.7 Å². The Morgan fingerprint density at radius 2 is 2.05 bits per heavy atom. The zero-order valence-electron chi connectivity index (χ0n) is 12.0. The minimum absolute atomic E-state index is 0.479. The average Bonchev–Trinajstić information content (AvgIpc) is 2.92.